The molecule has 0 N–H and O–H groups in total. The Labute approximate surface area is 344 Å². The molecule has 3 aliphatic rings. The van der Waals surface area contributed by atoms with Crippen molar-refractivity contribution in [1.82, 2.24) is 0 Å². The fourth-order valence-corrected chi connectivity index (χ4v) is 8.77. The lowest BCUT2D eigenvalue weighted by Crippen LogP contribution is -2.30. The number of hydrogen-bond acceptors (Lipinski definition) is 8. The average Bonchev–Trinajstić information content (AvgIpc) is 3.58. The van der Waals surface area contributed by atoms with Crippen LogP contribution in [0.3, 0.4) is 0 Å². The van der Waals surface area contributed by atoms with Gasteiger partial charge in [-0.05, 0) is 167 Å². The van der Waals surface area contributed by atoms with Crippen molar-refractivity contribution in [2.75, 3.05) is 9.80 Å². The second-order valence-electron chi connectivity index (χ2n) is 15.4. The first kappa shape index (κ1) is 37.8. The number of ether oxygens (including phenoxy) is 2. The Morgan fingerprint density at radius 1 is 0.483 bits per heavy atom. The summed E-state index contributed by atoms with van der Waals surface area (Å²) in [5.74, 6) is -2.32. The zero-order chi connectivity index (χ0) is 42.3. The van der Waals surface area contributed by atoms with E-state index in [9.17, 15) is 28.8 Å². The minimum Gasteiger partial charge on any atom is -0.423 e. The van der Waals surface area contributed by atoms with Crippen LogP contribution in [0.1, 0.15) is 85.9 Å². The third-order valence-electron chi connectivity index (χ3n) is 11.5. The number of imide groups is 2. The van der Waals surface area contributed by atoms with E-state index in [0.717, 1.165) is 56.0 Å². The van der Waals surface area contributed by atoms with Crippen LogP contribution in [0.5, 0.6) is 11.5 Å². The van der Waals surface area contributed by atoms with Crippen molar-refractivity contribution >= 4 is 80.6 Å². The summed E-state index contributed by atoms with van der Waals surface area (Å²) in [4.78, 5) is 81.7. The standard InChI is InChI=1S/C50H36N2O8/c1-7-43(53)59-37-13-25(3)45(26(4)14-37)51-47(55)39-21-33-17-29-9-11-31-19-35-23-41-42(24-36(35)20-32(31)12-10-30(29)18-34(33)22-40(39)48(51)56)50(58)52(49(41)57)46-27(5)15-38(16-28(46)6)60-44(54)8-2/h7-9,11,13-24H,1-2,10,12H2,3-6H3/b11-9-. The number of nitrogens with zero attached hydrogens (tertiary/aromatic N) is 2. The van der Waals surface area contributed by atoms with Gasteiger partial charge in [-0.1, -0.05) is 37.4 Å². The molecular formula is C50H36N2O8. The summed E-state index contributed by atoms with van der Waals surface area (Å²) in [6.07, 6.45) is 7.61. The van der Waals surface area contributed by atoms with Crippen molar-refractivity contribution in [3.8, 4) is 11.5 Å². The Bertz CT molecular complexity index is 2840. The topological polar surface area (TPSA) is 127 Å². The van der Waals surface area contributed by atoms with Crippen molar-refractivity contribution in [3.05, 3.63) is 165 Å². The highest BCUT2D eigenvalue weighted by Crippen LogP contribution is 2.40. The van der Waals surface area contributed by atoms with Gasteiger partial charge in [-0.15, -0.1) is 0 Å². The smallest absolute Gasteiger partial charge is 0.335 e. The number of rotatable bonds is 6. The summed E-state index contributed by atoms with van der Waals surface area (Å²) < 4.78 is 10.6. The normalized spacial score (nSPS) is 14.7. The molecule has 0 unspecified atom stereocenters. The number of carbonyl (C=O) groups excluding carboxylic acids is 6. The van der Waals surface area contributed by atoms with Crippen molar-refractivity contribution in [2.24, 2.45) is 0 Å². The van der Waals surface area contributed by atoms with Crippen molar-refractivity contribution < 1.29 is 38.2 Å². The van der Waals surface area contributed by atoms with Gasteiger partial charge in [0.05, 0.1) is 33.6 Å². The lowest BCUT2D eigenvalue weighted by molar-refractivity contribution is -0.129. The van der Waals surface area contributed by atoms with E-state index in [0.29, 0.717) is 80.2 Å². The fraction of sp³-hybridized carbons (Fsp3) is 0.120. The third kappa shape index (κ3) is 6.03. The molecule has 0 radical (unpaired) electrons. The molecule has 0 saturated carbocycles. The quantitative estimate of drug-likeness (QED) is 0.0707. The molecule has 9 rings (SSSR count). The van der Waals surface area contributed by atoms with Crippen LogP contribution in [0.4, 0.5) is 11.4 Å². The highest BCUT2D eigenvalue weighted by atomic mass is 16.5. The Morgan fingerprint density at radius 3 is 1.08 bits per heavy atom. The zero-order valence-electron chi connectivity index (χ0n) is 33.2. The van der Waals surface area contributed by atoms with Crippen LogP contribution in [0.15, 0.2) is 98.1 Å². The van der Waals surface area contributed by atoms with E-state index in [1.54, 1.807) is 76.2 Å². The van der Waals surface area contributed by atoms with Gasteiger partial charge in [-0.25, -0.2) is 19.4 Å². The van der Waals surface area contributed by atoms with Gasteiger partial charge in [0, 0.05) is 12.2 Å². The second-order valence-corrected chi connectivity index (χ2v) is 15.4. The first-order valence-electron chi connectivity index (χ1n) is 19.3. The zero-order valence-corrected chi connectivity index (χ0v) is 33.2. The van der Waals surface area contributed by atoms with Gasteiger partial charge >= 0.3 is 11.9 Å². The molecule has 0 bridgehead atoms. The monoisotopic (exact) mass is 792 g/mol. The van der Waals surface area contributed by atoms with E-state index in [4.69, 9.17) is 9.47 Å². The van der Waals surface area contributed by atoms with Crippen LogP contribution in [0, 0.1) is 27.7 Å². The summed E-state index contributed by atoms with van der Waals surface area (Å²) in [6, 6.07) is 21.8. The molecule has 294 valence electrons. The maximum atomic E-state index is 13.9. The molecule has 0 spiro atoms. The summed E-state index contributed by atoms with van der Waals surface area (Å²) in [5, 5.41) is 3.32. The van der Waals surface area contributed by atoms with Crippen molar-refractivity contribution in [2.45, 2.75) is 40.5 Å². The van der Waals surface area contributed by atoms with Crippen LogP contribution >= 0.6 is 0 Å². The molecule has 0 saturated heterocycles. The summed E-state index contributed by atoms with van der Waals surface area (Å²) in [5.41, 5.74) is 8.72. The molecule has 0 fully saturated rings. The maximum Gasteiger partial charge on any atom is 0.335 e. The van der Waals surface area contributed by atoms with Gasteiger partial charge in [0.2, 0.25) is 0 Å². The van der Waals surface area contributed by atoms with Gasteiger partial charge in [-0.2, -0.15) is 0 Å². The van der Waals surface area contributed by atoms with E-state index in [2.05, 4.69) is 25.3 Å². The molecule has 0 atom stereocenters. The number of benzene rings is 6. The Hall–Kier alpha value is -7.72. The number of amides is 4. The first-order chi connectivity index (χ1) is 28.7. The molecule has 4 amide bonds. The molecule has 60 heavy (non-hydrogen) atoms. The molecule has 0 aromatic heterocycles. The maximum absolute atomic E-state index is 13.9. The second kappa shape index (κ2) is 14.0. The van der Waals surface area contributed by atoms with Gasteiger partial charge < -0.3 is 9.47 Å². The Kier molecular flexibility index (Phi) is 8.82. The molecule has 2 heterocycles. The van der Waals surface area contributed by atoms with Gasteiger partial charge in [0.15, 0.2) is 0 Å². The molecule has 2 aliphatic heterocycles. The number of carbonyl (C=O) groups is 6. The van der Waals surface area contributed by atoms with Crippen molar-refractivity contribution in [3.63, 3.8) is 0 Å². The van der Waals surface area contributed by atoms with Gasteiger partial charge in [-0.3, -0.25) is 19.2 Å². The number of aryl methyl sites for hydroxylation is 6. The summed E-state index contributed by atoms with van der Waals surface area (Å²) in [7, 11) is 0. The fourth-order valence-electron chi connectivity index (χ4n) is 8.77. The van der Waals surface area contributed by atoms with Crippen molar-refractivity contribution in [1.29, 1.82) is 0 Å². The van der Waals surface area contributed by atoms with Crippen LogP contribution in [0.25, 0.3) is 33.7 Å². The minimum atomic E-state index is -0.608. The van der Waals surface area contributed by atoms with E-state index < -0.39 is 35.6 Å². The van der Waals surface area contributed by atoms with E-state index in [1.165, 1.54) is 9.80 Å². The Morgan fingerprint density at radius 2 is 0.783 bits per heavy atom. The number of anilines is 2. The minimum absolute atomic E-state index is 0.295. The lowest BCUT2D eigenvalue weighted by atomic mass is 9.88. The lowest BCUT2D eigenvalue weighted by Gasteiger charge is -2.20. The highest BCUT2D eigenvalue weighted by Gasteiger charge is 2.40. The largest absolute Gasteiger partial charge is 0.423 e. The van der Waals surface area contributed by atoms with Crippen LogP contribution in [0.2, 0.25) is 0 Å². The number of hydrogen-bond donors (Lipinski definition) is 0. The molecule has 6 aromatic carbocycles. The first-order valence-corrected chi connectivity index (χ1v) is 19.3. The predicted octanol–water partition coefficient (Wildman–Crippen LogP) is 9.28. The van der Waals surface area contributed by atoms with Crippen LogP contribution in [-0.2, 0) is 22.4 Å². The highest BCUT2D eigenvalue weighted by molar-refractivity contribution is 6.37. The molecule has 10 nitrogen and oxygen atoms in total. The van der Waals surface area contributed by atoms with Crippen LogP contribution < -0.4 is 19.3 Å². The SMILES string of the molecule is C=CC(=O)Oc1cc(C)c(N2C(=O)c3cc4cc5c(cc4cc3C2=O)CCc2cc3cc4c(cc3cc2/C=C\5)C(=O)N(c2c(C)cc(OC(=O)C=C)cc2C)C4=O)c(C)c1. The van der Waals surface area contributed by atoms with E-state index >= 15 is 0 Å². The predicted molar refractivity (Wildman–Crippen MR) is 230 cm³/mol. The number of fused-ring (bicyclic) bond motifs is 6. The van der Waals surface area contributed by atoms with Gasteiger partial charge in [0.1, 0.15) is 11.5 Å². The van der Waals surface area contributed by atoms with Gasteiger partial charge in [0.25, 0.3) is 23.6 Å². The summed E-state index contributed by atoms with van der Waals surface area (Å²) >= 11 is 0. The number of esters is 2. The van der Waals surface area contributed by atoms with E-state index in [-0.39, 0.29) is 0 Å². The van der Waals surface area contributed by atoms with Crippen LogP contribution in [-0.4, -0.2) is 35.6 Å². The third-order valence-corrected chi connectivity index (χ3v) is 11.5. The Balaban J connectivity index is 1.02. The van der Waals surface area contributed by atoms with E-state index in [1.807, 2.05) is 24.3 Å². The molecule has 6 aromatic rings. The molecule has 1 aliphatic carbocycles. The molecule has 10 heteroatoms. The summed E-state index contributed by atoms with van der Waals surface area (Å²) in [6.45, 7) is 13.9. The average molecular weight is 793 g/mol. The molecular weight excluding hydrogens is 757 g/mol.